The molecule has 0 unspecified atom stereocenters. The van der Waals surface area contributed by atoms with Crippen molar-refractivity contribution in [3.63, 3.8) is 0 Å². The van der Waals surface area contributed by atoms with E-state index >= 15 is 0 Å². The number of aryl methyl sites for hydroxylation is 1. The molecule has 76 valence electrons. The molecule has 0 aromatic carbocycles. The molecule has 0 saturated heterocycles. The highest BCUT2D eigenvalue weighted by Crippen LogP contribution is 2.06. The van der Waals surface area contributed by atoms with E-state index in [1.807, 2.05) is 6.92 Å². The third kappa shape index (κ3) is 3.26. The molecule has 0 atom stereocenters. The number of primary amides is 1. The number of hydrogen-bond acceptors (Lipinski definition) is 5. The Morgan fingerprint density at radius 1 is 1.57 bits per heavy atom. The third-order valence-electron chi connectivity index (χ3n) is 1.55. The predicted molar refractivity (Wildman–Crippen MR) is 53.5 cm³/mol. The summed E-state index contributed by atoms with van der Waals surface area (Å²) in [5, 5.41) is 2.93. The lowest BCUT2D eigenvalue weighted by atomic mass is 10.4. The van der Waals surface area contributed by atoms with Gasteiger partial charge in [-0.15, -0.1) is 0 Å². The van der Waals surface area contributed by atoms with Crippen LogP contribution in [0.4, 0.5) is 11.8 Å². The Morgan fingerprint density at radius 2 is 2.29 bits per heavy atom. The minimum atomic E-state index is -0.351. The summed E-state index contributed by atoms with van der Waals surface area (Å²) < 4.78 is 0. The van der Waals surface area contributed by atoms with Crippen molar-refractivity contribution in [1.29, 1.82) is 0 Å². The summed E-state index contributed by atoms with van der Waals surface area (Å²) in [6.07, 6.45) is 0.267. The minimum Gasteiger partial charge on any atom is -0.370 e. The average Bonchev–Trinajstić information content (AvgIpc) is 2.01. The van der Waals surface area contributed by atoms with E-state index in [1.165, 1.54) is 0 Å². The second-order valence-corrected chi connectivity index (χ2v) is 2.90. The van der Waals surface area contributed by atoms with Crippen molar-refractivity contribution in [2.24, 2.45) is 5.73 Å². The lowest BCUT2D eigenvalue weighted by Gasteiger charge is -2.04. The van der Waals surface area contributed by atoms with Crippen LogP contribution >= 0.6 is 0 Å². The molecule has 6 heteroatoms. The molecule has 1 heterocycles. The highest BCUT2D eigenvalue weighted by molar-refractivity contribution is 5.74. The molecular weight excluding hydrogens is 182 g/mol. The summed E-state index contributed by atoms with van der Waals surface area (Å²) in [5.74, 6) is 0.471. The number of nitrogens with two attached hydrogens (primary N) is 2. The van der Waals surface area contributed by atoms with Gasteiger partial charge in [-0.3, -0.25) is 4.79 Å². The topological polar surface area (TPSA) is 107 Å². The Hall–Kier alpha value is -1.85. The van der Waals surface area contributed by atoms with Gasteiger partial charge in [-0.1, -0.05) is 0 Å². The molecule has 1 rings (SSSR count). The molecule has 5 N–H and O–H groups in total. The zero-order valence-electron chi connectivity index (χ0n) is 7.95. The fourth-order valence-corrected chi connectivity index (χ4v) is 0.996. The Kier molecular flexibility index (Phi) is 3.22. The van der Waals surface area contributed by atoms with Crippen molar-refractivity contribution in [3.05, 3.63) is 11.8 Å². The molecule has 0 spiro atoms. The van der Waals surface area contributed by atoms with E-state index in [0.717, 1.165) is 5.69 Å². The Balaban J connectivity index is 2.54. The number of nitrogen functional groups attached to an aromatic ring is 1. The zero-order valence-corrected chi connectivity index (χ0v) is 7.95. The van der Waals surface area contributed by atoms with Gasteiger partial charge in [0.2, 0.25) is 11.9 Å². The Labute approximate surface area is 81.7 Å². The van der Waals surface area contributed by atoms with Crippen LogP contribution in [-0.4, -0.2) is 22.4 Å². The van der Waals surface area contributed by atoms with Gasteiger partial charge in [0.05, 0.1) is 0 Å². The lowest BCUT2D eigenvalue weighted by molar-refractivity contribution is -0.117. The quantitative estimate of drug-likeness (QED) is 0.609. The predicted octanol–water partition coefficient (Wildman–Crippen LogP) is -0.345. The molecule has 0 aliphatic carbocycles. The van der Waals surface area contributed by atoms with Crippen LogP contribution in [0.1, 0.15) is 12.1 Å². The fraction of sp³-hybridized carbons (Fsp3) is 0.375. The van der Waals surface area contributed by atoms with Crippen LogP contribution in [0.25, 0.3) is 0 Å². The normalized spacial score (nSPS) is 9.79. The van der Waals surface area contributed by atoms with Gasteiger partial charge in [-0.05, 0) is 6.92 Å². The fourth-order valence-electron chi connectivity index (χ4n) is 0.996. The first kappa shape index (κ1) is 10.2. The SMILES string of the molecule is Cc1cc(NCCC(N)=O)nc(N)n1. The summed E-state index contributed by atoms with van der Waals surface area (Å²) in [7, 11) is 0. The number of amides is 1. The molecule has 0 saturated carbocycles. The van der Waals surface area contributed by atoms with E-state index in [9.17, 15) is 4.79 Å². The molecule has 0 fully saturated rings. The summed E-state index contributed by atoms with van der Waals surface area (Å²) >= 11 is 0. The third-order valence-corrected chi connectivity index (χ3v) is 1.55. The van der Waals surface area contributed by atoms with E-state index in [0.29, 0.717) is 12.4 Å². The van der Waals surface area contributed by atoms with Crippen molar-refractivity contribution >= 4 is 17.7 Å². The molecule has 14 heavy (non-hydrogen) atoms. The number of hydrogen-bond donors (Lipinski definition) is 3. The van der Waals surface area contributed by atoms with E-state index in [1.54, 1.807) is 6.07 Å². The first-order valence-electron chi connectivity index (χ1n) is 4.21. The van der Waals surface area contributed by atoms with Crippen LogP contribution in [0, 0.1) is 6.92 Å². The van der Waals surface area contributed by atoms with Gasteiger partial charge >= 0.3 is 0 Å². The van der Waals surface area contributed by atoms with Crippen molar-refractivity contribution in [2.75, 3.05) is 17.6 Å². The molecular formula is C8H13N5O. The summed E-state index contributed by atoms with van der Waals surface area (Å²) in [6.45, 7) is 2.27. The second kappa shape index (κ2) is 4.40. The van der Waals surface area contributed by atoms with Gasteiger partial charge in [-0.2, -0.15) is 4.98 Å². The summed E-state index contributed by atoms with van der Waals surface area (Å²) in [5.41, 5.74) is 11.2. The maximum atomic E-state index is 10.4. The van der Waals surface area contributed by atoms with E-state index in [2.05, 4.69) is 15.3 Å². The lowest BCUT2D eigenvalue weighted by Crippen LogP contribution is -2.16. The standard InChI is InChI=1S/C8H13N5O/c1-5-4-7(13-8(10)12-5)11-3-2-6(9)14/h4H,2-3H2,1H3,(H2,9,14)(H3,10,11,12,13). The number of rotatable bonds is 4. The molecule has 0 aliphatic heterocycles. The summed E-state index contributed by atoms with van der Waals surface area (Å²) in [4.78, 5) is 18.3. The van der Waals surface area contributed by atoms with Crippen LogP contribution < -0.4 is 16.8 Å². The van der Waals surface area contributed by atoms with Gasteiger partial charge in [0.1, 0.15) is 5.82 Å². The highest BCUT2D eigenvalue weighted by Gasteiger charge is 1.99. The molecule has 6 nitrogen and oxygen atoms in total. The van der Waals surface area contributed by atoms with Crippen molar-refractivity contribution in [1.82, 2.24) is 9.97 Å². The maximum absolute atomic E-state index is 10.4. The summed E-state index contributed by atoms with van der Waals surface area (Å²) in [6, 6.07) is 1.75. The Bertz CT molecular complexity index is 318. The molecule has 1 aromatic heterocycles. The zero-order chi connectivity index (χ0) is 10.6. The first-order valence-corrected chi connectivity index (χ1v) is 4.21. The van der Waals surface area contributed by atoms with Crippen LogP contribution in [0.15, 0.2) is 6.07 Å². The molecule has 1 amide bonds. The van der Waals surface area contributed by atoms with Crippen LogP contribution in [0.3, 0.4) is 0 Å². The van der Waals surface area contributed by atoms with Crippen LogP contribution in [-0.2, 0) is 4.79 Å². The largest absolute Gasteiger partial charge is 0.370 e. The minimum absolute atomic E-state index is 0.214. The van der Waals surface area contributed by atoms with Gasteiger partial charge in [0.25, 0.3) is 0 Å². The van der Waals surface area contributed by atoms with Gasteiger partial charge < -0.3 is 16.8 Å². The van der Waals surface area contributed by atoms with Crippen molar-refractivity contribution in [3.8, 4) is 0 Å². The van der Waals surface area contributed by atoms with Crippen molar-refractivity contribution < 1.29 is 4.79 Å². The molecule has 0 bridgehead atoms. The number of aromatic nitrogens is 2. The van der Waals surface area contributed by atoms with Crippen molar-refractivity contribution in [2.45, 2.75) is 13.3 Å². The number of anilines is 2. The molecule has 1 aromatic rings. The monoisotopic (exact) mass is 195 g/mol. The molecule has 0 radical (unpaired) electrons. The van der Waals surface area contributed by atoms with Crippen LogP contribution in [0.2, 0.25) is 0 Å². The number of nitrogens with one attached hydrogen (secondary N) is 1. The second-order valence-electron chi connectivity index (χ2n) is 2.90. The number of nitrogens with zero attached hydrogens (tertiary/aromatic N) is 2. The van der Waals surface area contributed by atoms with E-state index in [4.69, 9.17) is 11.5 Å². The van der Waals surface area contributed by atoms with E-state index < -0.39 is 0 Å². The maximum Gasteiger partial charge on any atom is 0.222 e. The molecule has 0 aliphatic rings. The highest BCUT2D eigenvalue weighted by atomic mass is 16.1. The number of carbonyl (C=O) groups excluding carboxylic acids is 1. The Morgan fingerprint density at radius 3 is 2.86 bits per heavy atom. The van der Waals surface area contributed by atoms with Gasteiger partial charge in [0, 0.05) is 24.7 Å². The number of carbonyl (C=O) groups is 1. The van der Waals surface area contributed by atoms with Crippen LogP contribution in [0.5, 0.6) is 0 Å². The smallest absolute Gasteiger partial charge is 0.222 e. The average molecular weight is 195 g/mol. The van der Waals surface area contributed by atoms with E-state index in [-0.39, 0.29) is 18.3 Å². The van der Waals surface area contributed by atoms with Gasteiger partial charge in [-0.25, -0.2) is 4.98 Å². The van der Waals surface area contributed by atoms with Gasteiger partial charge in [0.15, 0.2) is 0 Å². The first-order chi connectivity index (χ1) is 6.58.